The van der Waals surface area contributed by atoms with Gasteiger partial charge in [0.1, 0.15) is 22.7 Å². The SMILES string of the molecule is CCCCc1nc2c([nH]1)c(N)nc1cc(-n3cccn3)ccc12. The van der Waals surface area contributed by atoms with Gasteiger partial charge in [0.25, 0.3) is 0 Å². The molecule has 0 aliphatic heterocycles. The summed E-state index contributed by atoms with van der Waals surface area (Å²) in [6.45, 7) is 2.17. The van der Waals surface area contributed by atoms with Gasteiger partial charge in [-0.05, 0) is 30.7 Å². The van der Waals surface area contributed by atoms with Crippen LogP contribution in [0, 0.1) is 0 Å². The van der Waals surface area contributed by atoms with Gasteiger partial charge in [-0.1, -0.05) is 13.3 Å². The lowest BCUT2D eigenvalue weighted by Gasteiger charge is -2.05. The van der Waals surface area contributed by atoms with E-state index in [1.807, 2.05) is 30.5 Å². The topological polar surface area (TPSA) is 85.4 Å². The van der Waals surface area contributed by atoms with Crippen LogP contribution in [0.4, 0.5) is 5.82 Å². The number of nitrogens with two attached hydrogens (primary N) is 1. The van der Waals surface area contributed by atoms with E-state index in [2.05, 4.69) is 22.0 Å². The first-order valence-electron chi connectivity index (χ1n) is 7.84. The van der Waals surface area contributed by atoms with E-state index in [4.69, 9.17) is 10.7 Å². The summed E-state index contributed by atoms with van der Waals surface area (Å²) < 4.78 is 1.80. The van der Waals surface area contributed by atoms with Crippen LogP contribution in [0.1, 0.15) is 25.6 Å². The van der Waals surface area contributed by atoms with Crippen LogP contribution in [0.25, 0.3) is 27.6 Å². The third-order valence-electron chi connectivity index (χ3n) is 4.02. The number of nitrogens with zero attached hydrogens (tertiary/aromatic N) is 4. The molecule has 0 unspecified atom stereocenters. The smallest absolute Gasteiger partial charge is 0.150 e. The number of nitrogens with one attached hydrogen (secondary N) is 1. The predicted molar refractivity (Wildman–Crippen MR) is 91.5 cm³/mol. The zero-order valence-corrected chi connectivity index (χ0v) is 13.0. The van der Waals surface area contributed by atoms with E-state index in [1.54, 1.807) is 10.9 Å². The van der Waals surface area contributed by atoms with Crippen LogP contribution < -0.4 is 5.73 Å². The molecule has 0 bridgehead atoms. The Bertz CT molecular complexity index is 968. The van der Waals surface area contributed by atoms with Gasteiger partial charge in [-0.2, -0.15) is 5.10 Å². The van der Waals surface area contributed by atoms with Crippen LogP contribution in [0.2, 0.25) is 0 Å². The van der Waals surface area contributed by atoms with E-state index in [0.29, 0.717) is 5.82 Å². The Morgan fingerprint density at radius 1 is 1.26 bits per heavy atom. The highest BCUT2D eigenvalue weighted by atomic mass is 15.3. The number of aryl methyl sites for hydroxylation is 1. The van der Waals surface area contributed by atoms with Gasteiger partial charge in [-0.15, -0.1) is 0 Å². The number of unbranched alkanes of at least 4 members (excludes halogenated alkanes) is 1. The number of rotatable bonds is 4. The monoisotopic (exact) mass is 306 g/mol. The Labute approximate surface area is 133 Å². The van der Waals surface area contributed by atoms with Crippen LogP contribution in [-0.2, 0) is 6.42 Å². The molecule has 0 aliphatic carbocycles. The van der Waals surface area contributed by atoms with Gasteiger partial charge in [0, 0.05) is 24.2 Å². The summed E-state index contributed by atoms with van der Waals surface area (Å²) >= 11 is 0. The molecule has 4 aromatic rings. The van der Waals surface area contributed by atoms with Crippen molar-refractivity contribution in [3.8, 4) is 5.69 Å². The highest BCUT2D eigenvalue weighted by Crippen LogP contribution is 2.27. The molecule has 0 saturated heterocycles. The van der Waals surface area contributed by atoms with Crippen molar-refractivity contribution in [1.29, 1.82) is 0 Å². The summed E-state index contributed by atoms with van der Waals surface area (Å²) in [4.78, 5) is 12.6. The van der Waals surface area contributed by atoms with Crippen molar-refractivity contribution < 1.29 is 0 Å². The minimum absolute atomic E-state index is 0.486. The van der Waals surface area contributed by atoms with Crippen LogP contribution in [0.3, 0.4) is 0 Å². The molecule has 0 saturated carbocycles. The van der Waals surface area contributed by atoms with E-state index in [-0.39, 0.29) is 0 Å². The average molecular weight is 306 g/mol. The molecule has 3 heterocycles. The van der Waals surface area contributed by atoms with Crippen molar-refractivity contribution in [2.45, 2.75) is 26.2 Å². The molecule has 3 aromatic heterocycles. The number of benzene rings is 1. The van der Waals surface area contributed by atoms with E-state index >= 15 is 0 Å². The molecule has 1 aromatic carbocycles. The summed E-state index contributed by atoms with van der Waals surface area (Å²) in [6, 6.07) is 7.93. The minimum atomic E-state index is 0.486. The molecule has 23 heavy (non-hydrogen) atoms. The molecule has 0 radical (unpaired) electrons. The number of hydrogen-bond donors (Lipinski definition) is 2. The first kappa shape index (κ1) is 13.8. The number of fused-ring (bicyclic) bond motifs is 3. The molecule has 0 aliphatic rings. The van der Waals surface area contributed by atoms with Crippen LogP contribution in [0.15, 0.2) is 36.7 Å². The lowest BCUT2D eigenvalue weighted by atomic mass is 10.1. The summed E-state index contributed by atoms with van der Waals surface area (Å²) in [6.07, 6.45) is 6.83. The highest BCUT2D eigenvalue weighted by Gasteiger charge is 2.12. The molecule has 6 heteroatoms. The fourth-order valence-electron chi connectivity index (χ4n) is 2.83. The first-order valence-corrected chi connectivity index (χ1v) is 7.84. The third-order valence-corrected chi connectivity index (χ3v) is 4.02. The Balaban J connectivity index is 1.89. The summed E-state index contributed by atoms with van der Waals surface area (Å²) in [7, 11) is 0. The van der Waals surface area contributed by atoms with Crippen molar-refractivity contribution in [2.75, 3.05) is 5.73 Å². The first-order chi connectivity index (χ1) is 11.3. The maximum atomic E-state index is 6.13. The maximum Gasteiger partial charge on any atom is 0.150 e. The van der Waals surface area contributed by atoms with Gasteiger partial charge >= 0.3 is 0 Å². The average Bonchev–Trinajstić information content (AvgIpc) is 3.22. The fourth-order valence-corrected chi connectivity index (χ4v) is 2.83. The van der Waals surface area contributed by atoms with Crippen molar-refractivity contribution in [3.05, 3.63) is 42.5 Å². The molecular weight excluding hydrogens is 288 g/mol. The van der Waals surface area contributed by atoms with Gasteiger partial charge in [0.05, 0.1) is 11.2 Å². The number of hydrogen-bond acceptors (Lipinski definition) is 4. The minimum Gasteiger partial charge on any atom is -0.382 e. The number of aromatic nitrogens is 5. The molecular formula is C17H18N6. The Morgan fingerprint density at radius 2 is 2.17 bits per heavy atom. The maximum absolute atomic E-state index is 6.13. The van der Waals surface area contributed by atoms with Crippen molar-refractivity contribution in [1.82, 2.24) is 24.7 Å². The molecule has 0 fully saturated rings. The molecule has 0 amide bonds. The summed E-state index contributed by atoms with van der Waals surface area (Å²) in [5.74, 6) is 1.46. The standard InChI is InChI=1S/C17H18N6/c1-2-3-5-14-21-15-12-7-6-11(23-9-4-8-19-23)10-13(12)20-17(18)16(15)22-14/h4,6-10H,2-3,5H2,1H3,(H2,18,20)(H,21,22). The normalized spacial score (nSPS) is 11.5. The van der Waals surface area contributed by atoms with Crippen molar-refractivity contribution in [3.63, 3.8) is 0 Å². The van der Waals surface area contributed by atoms with E-state index in [1.165, 1.54) is 0 Å². The zero-order chi connectivity index (χ0) is 15.8. The zero-order valence-electron chi connectivity index (χ0n) is 13.0. The highest BCUT2D eigenvalue weighted by molar-refractivity contribution is 6.06. The number of H-pyrrole nitrogens is 1. The van der Waals surface area contributed by atoms with Gasteiger partial charge < -0.3 is 10.7 Å². The number of imidazole rings is 1. The van der Waals surface area contributed by atoms with Gasteiger partial charge in [-0.3, -0.25) is 0 Å². The van der Waals surface area contributed by atoms with Crippen LogP contribution >= 0.6 is 0 Å². The van der Waals surface area contributed by atoms with E-state index in [0.717, 1.165) is 52.7 Å². The van der Waals surface area contributed by atoms with Gasteiger partial charge in [0.2, 0.25) is 0 Å². The molecule has 4 rings (SSSR count). The molecule has 0 atom stereocenters. The predicted octanol–water partition coefficient (Wildman–Crippen LogP) is 3.22. The van der Waals surface area contributed by atoms with E-state index in [9.17, 15) is 0 Å². The lowest BCUT2D eigenvalue weighted by molar-refractivity contribution is 0.765. The number of pyridine rings is 1. The Hall–Kier alpha value is -2.89. The third kappa shape index (κ3) is 2.32. The Morgan fingerprint density at radius 3 is 2.96 bits per heavy atom. The van der Waals surface area contributed by atoms with Crippen molar-refractivity contribution in [2.24, 2.45) is 0 Å². The molecule has 116 valence electrons. The van der Waals surface area contributed by atoms with Crippen LogP contribution in [-0.4, -0.2) is 24.7 Å². The van der Waals surface area contributed by atoms with Crippen LogP contribution in [0.5, 0.6) is 0 Å². The summed E-state index contributed by atoms with van der Waals surface area (Å²) in [5, 5.41) is 5.26. The second-order valence-corrected chi connectivity index (χ2v) is 5.66. The van der Waals surface area contributed by atoms with Gasteiger partial charge in [0.15, 0.2) is 0 Å². The van der Waals surface area contributed by atoms with E-state index < -0.39 is 0 Å². The molecule has 3 N–H and O–H groups in total. The second-order valence-electron chi connectivity index (χ2n) is 5.66. The number of nitrogen functional groups attached to an aromatic ring is 1. The number of aromatic amines is 1. The largest absolute Gasteiger partial charge is 0.382 e. The second kappa shape index (κ2) is 5.39. The number of anilines is 1. The van der Waals surface area contributed by atoms with Gasteiger partial charge in [-0.25, -0.2) is 14.6 Å². The lowest BCUT2D eigenvalue weighted by Crippen LogP contribution is -1.97. The Kier molecular flexibility index (Phi) is 3.22. The molecule has 6 nitrogen and oxygen atoms in total. The summed E-state index contributed by atoms with van der Waals surface area (Å²) in [5.41, 5.74) is 9.64. The molecule has 0 spiro atoms. The fraction of sp³-hybridized carbons (Fsp3) is 0.235. The quantitative estimate of drug-likeness (QED) is 0.606. The van der Waals surface area contributed by atoms with Crippen molar-refractivity contribution >= 4 is 27.8 Å².